The summed E-state index contributed by atoms with van der Waals surface area (Å²) in [5.74, 6) is -0.376. The highest BCUT2D eigenvalue weighted by Gasteiger charge is 2.29. The maximum Gasteiger partial charge on any atom is 0.317 e. The topological polar surface area (TPSA) is 58.6 Å². The third-order valence-electron chi connectivity index (χ3n) is 3.32. The molecule has 0 saturated carbocycles. The number of amides is 2. The Balaban J connectivity index is 1.81. The molecular weight excluding hydrogens is 276 g/mol. The standard InChI is InChI=1S/C14H20N2O3S/c1-2-19-13(17)11-5-3-7-16(10-11)14(18)15-9-12-6-4-8-20-12/h4,6,8,11H,2-3,5,7,9-10H2,1H3,(H,15,18). The van der Waals surface area contributed by atoms with Gasteiger partial charge in [0.05, 0.1) is 19.1 Å². The highest BCUT2D eigenvalue weighted by atomic mass is 32.1. The molecule has 0 bridgehead atoms. The zero-order valence-electron chi connectivity index (χ0n) is 11.6. The number of likely N-dealkylation sites (tertiary alicyclic amines) is 1. The van der Waals surface area contributed by atoms with Gasteiger partial charge < -0.3 is 15.0 Å². The van der Waals surface area contributed by atoms with Gasteiger partial charge in [0.15, 0.2) is 0 Å². The second-order valence-electron chi connectivity index (χ2n) is 4.78. The van der Waals surface area contributed by atoms with Crippen molar-refractivity contribution in [2.45, 2.75) is 26.3 Å². The van der Waals surface area contributed by atoms with Crippen LogP contribution in [0.5, 0.6) is 0 Å². The van der Waals surface area contributed by atoms with Crippen molar-refractivity contribution in [1.29, 1.82) is 0 Å². The second-order valence-corrected chi connectivity index (χ2v) is 5.81. The van der Waals surface area contributed by atoms with Gasteiger partial charge in [0.2, 0.25) is 0 Å². The Morgan fingerprint density at radius 3 is 3.10 bits per heavy atom. The van der Waals surface area contributed by atoms with Crippen molar-refractivity contribution >= 4 is 23.3 Å². The summed E-state index contributed by atoms with van der Waals surface area (Å²) in [6, 6.07) is 3.85. The minimum absolute atomic E-state index is 0.104. The molecule has 1 N–H and O–H groups in total. The Bertz CT molecular complexity index is 447. The first-order valence-electron chi connectivity index (χ1n) is 6.92. The molecule has 2 heterocycles. The molecule has 0 spiro atoms. The molecule has 0 aliphatic carbocycles. The number of urea groups is 1. The molecule has 0 radical (unpaired) electrons. The minimum Gasteiger partial charge on any atom is -0.466 e. The molecule has 1 aliphatic heterocycles. The van der Waals surface area contributed by atoms with Crippen LogP contribution in [-0.4, -0.2) is 36.6 Å². The molecular formula is C14H20N2O3S. The van der Waals surface area contributed by atoms with E-state index in [2.05, 4.69) is 5.32 Å². The molecule has 5 nitrogen and oxygen atoms in total. The van der Waals surface area contributed by atoms with Crippen LogP contribution in [0.2, 0.25) is 0 Å². The molecule has 6 heteroatoms. The van der Waals surface area contributed by atoms with E-state index in [4.69, 9.17) is 4.74 Å². The summed E-state index contributed by atoms with van der Waals surface area (Å²) in [6.45, 7) is 3.88. The fourth-order valence-electron chi connectivity index (χ4n) is 2.30. The van der Waals surface area contributed by atoms with Crippen molar-refractivity contribution in [1.82, 2.24) is 10.2 Å². The van der Waals surface area contributed by atoms with Crippen LogP contribution in [0.1, 0.15) is 24.6 Å². The van der Waals surface area contributed by atoms with Gasteiger partial charge in [0.25, 0.3) is 0 Å². The Hall–Kier alpha value is -1.56. The first-order valence-corrected chi connectivity index (χ1v) is 7.80. The van der Waals surface area contributed by atoms with E-state index in [0.29, 0.717) is 26.2 Å². The maximum absolute atomic E-state index is 12.1. The van der Waals surface area contributed by atoms with Crippen LogP contribution in [0.15, 0.2) is 17.5 Å². The first kappa shape index (κ1) is 14.8. The summed E-state index contributed by atoms with van der Waals surface area (Å²) in [5.41, 5.74) is 0. The third-order valence-corrected chi connectivity index (χ3v) is 4.20. The van der Waals surface area contributed by atoms with Gasteiger partial charge in [-0.3, -0.25) is 4.79 Å². The highest BCUT2D eigenvalue weighted by Crippen LogP contribution is 2.18. The van der Waals surface area contributed by atoms with E-state index in [9.17, 15) is 9.59 Å². The summed E-state index contributed by atoms with van der Waals surface area (Å²) in [4.78, 5) is 26.6. The van der Waals surface area contributed by atoms with Crippen LogP contribution in [-0.2, 0) is 16.1 Å². The number of nitrogens with one attached hydrogen (secondary N) is 1. The lowest BCUT2D eigenvalue weighted by Crippen LogP contribution is -2.47. The zero-order chi connectivity index (χ0) is 14.4. The van der Waals surface area contributed by atoms with Gasteiger partial charge in [0, 0.05) is 18.0 Å². The number of esters is 1. The van der Waals surface area contributed by atoms with E-state index in [1.54, 1.807) is 23.2 Å². The van der Waals surface area contributed by atoms with E-state index in [1.165, 1.54) is 0 Å². The predicted octanol–water partition coefficient (Wildman–Crippen LogP) is 2.23. The zero-order valence-corrected chi connectivity index (χ0v) is 12.4. The van der Waals surface area contributed by atoms with Gasteiger partial charge >= 0.3 is 12.0 Å². The number of hydrogen-bond donors (Lipinski definition) is 1. The number of rotatable bonds is 4. The second kappa shape index (κ2) is 7.28. The smallest absolute Gasteiger partial charge is 0.317 e. The summed E-state index contributed by atoms with van der Waals surface area (Å²) in [7, 11) is 0. The van der Waals surface area contributed by atoms with Gasteiger partial charge in [-0.2, -0.15) is 0 Å². The maximum atomic E-state index is 12.1. The molecule has 1 aromatic heterocycles. The molecule has 2 rings (SSSR count). The quantitative estimate of drug-likeness (QED) is 0.867. The Kier molecular flexibility index (Phi) is 5.40. The molecule has 1 fully saturated rings. The van der Waals surface area contributed by atoms with Crippen molar-refractivity contribution in [2.24, 2.45) is 5.92 Å². The molecule has 20 heavy (non-hydrogen) atoms. The SMILES string of the molecule is CCOC(=O)C1CCCN(C(=O)NCc2cccs2)C1. The first-order chi connectivity index (χ1) is 9.70. The van der Waals surface area contributed by atoms with Crippen molar-refractivity contribution in [3.8, 4) is 0 Å². The molecule has 110 valence electrons. The van der Waals surface area contributed by atoms with E-state index >= 15 is 0 Å². The normalized spacial score (nSPS) is 18.6. The Labute approximate surface area is 122 Å². The number of thiophene rings is 1. The average Bonchev–Trinajstić information content (AvgIpc) is 2.98. The number of carbonyl (C=O) groups excluding carboxylic acids is 2. The molecule has 2 amide bonds. The average molecular weight is 296 g/mol. The fourth-order valence-corrected chi connectivity index (χ4v) is 2.95. The molecule has 1 aromatic rings. The van der Waals surface area contributed by atoms with Crippen molar-refractivity contribution in [3.63, 3.8) is 0 Å². The molecule has 1 atom stereocenters. The third kappa shape index (κ3) is 3.96. The van der Waals surface area contributed by atoms with Gasteiger partial charge in [0.1, 0.15) is 0 Å². The van der Waals surface area contributed by atoms with Crippen molar-refractivity contribution in [3.05, 3.63) is 22.4 Å². The van der Waals surface area contributed by atoms with Gasteiger partial charge in [-0.1, -0.05) is 6.07 Å². The molecule has 0 aromatic carbocycles. The monoisotopic (exact) mass is 296 g/mol. The van der Waals surface area contributed by atoms with Gasteiger partial charge in [-0.05, 0) is 31.2 Å². The number of ether oxygens (including phenoxy) is 1. The summed E-state index contributed by atoms with van der Waals surface area (Å²) in [6.07, 6.45) is 1.64. The number of carbonyl (C=O) groups is 2. The van der Waals surface area contributed by atoms with Gasteiger partial charge in [-0.15, -0.1) is 11.3 Å². The van der Waals surface area contributed by atoms with Crippen LogP contribution in [0.25, 0.3) is 0 Å². The van der Waals surface area contributed by atoms with Crippen LogP contribution in [0.4, 0.5) is 4.79 Å². The lowest BCUT2D eigenvalue weighted by atomic mass is 9.98. The minimum atomic E-state index is -0.191. The van der Waals surface area contributed by atoms with Crippen molar-refractivity contribution in [2.75, 3.05) is 19.7 Å². The van der Waals surface area contributed by atoms with Gasteiger partial charge in [-0.25, -0.2) is 4.79 Å². The van der Waals surface area contributed by atoms with Crippen LogP contribution in [0, 0.1) is 5.92 Å². The van der Waals surface area contributed by atoms with E-state index < -0.39 is 0 Å². The van der Waals surface area contributed by atoms with Crippen molar-refractivity contribution < 1.29 is 14.3 Å². The van der Waals surface area contributed by atoms with E-state index in [1.807, 2.05) is 17.5 Å². The number of hydrogen-bond acceptors (Lipinski definition) is 4. The summed E-state index contributed by atoms with van der Waals surface area (Å²) in [5, 5.41) is 4.88. The summed E-state index contributed by atoms with van der Waals surface area (Å²) < 4.78 is 5.03. The van der Waals surface area contributed by atoms with Crippen LogP contribution < -0.4 is 5.32 Å². The highest BCUT2D eigenvalue weighted by molar-refractivity contribution is 7.09. The van der Waals surface area contributed by atoms with Crippen LogP contribution >= 0.6 is 11.3 Å². The number of nitrogens with zero attached hydrogens (tertiary/aromatic N) is 1. The van der Waals surface area contributed by atoms with E-state index in [0.717, 1.165) is 17.7 Å². The Morgan fingerprint density at radius 2 is 2.40 bits per heavy atom. The molecule has 1 saturated heterocycles. The fraction of sp³-hybridized carbons (Fsp3) is 0.571. The van der Waals surface area contributed by atoms with E-state index in [-0.39, 0.29) is 17.9 Å². The summed E-state index contributed by atoms with van der Waals surface area (Å²) >= 11 is 1.62. The molecule has 1 unspecified atom stereocenters. The largest absolute Gasteiger partial charge is 0.466 e. The lowest BCUT2D eigenvalue weighted by molar-refractivity contribution is -0.149. The lowest BCUT2D eigenvalue weighted by Gasteiger charge is -2.31. The number of piperidine rings is 1. The van der Waals surface area contributed by atoms with Crippen LogP contribution in [0.3, 0.4) is 0 Å². The Morgan fingerprint density at radius 1 is 1.55 bits per heavy atom. The predicted molar refractivity (Wildman–Crippen MR) is 77.5 cm³/mol. The molecule has 1 aliphatic rings.